The molecule has 4 N–H and O–H groups in total. The van der Waals surface area contributed by atoms with E-state index < -0.39 is 23.3 Å². The van der Waals surface area contributed by atoms with Crippen molar-refractivity contribution in [3.05, 3.63) is 33.8 Å². The summed E-state index contributed by atoms with van der Waals surface area (Å²) in [6, 6.07) is 0.0208. The monoisotopic (exact) mass is 456 g/mol. The van der Waals surface area contributed by atoms with Crippen molar-refractivity contribution < 1.29 is 19.5 Å². The Balaban J connectivity index is 1.70. The van der Waals surface area contributed by atoms with Gasteiger partial charge in [-0.05, 0) is 31.3 Å². The van der Waals surface area contributed by atoms with Crippen LogP contribution in [0.5, 0.6) is 5.88 Å². The molecule has 0 bridgehead atoms. The molecule has 0 radical (unpaired) electrons. The first-order valence-corrected chi connectivity index (χ1v) is 11.1. The van der Waals surface area contributed by atoms with Crippen molar-refractivity contribution in [3.8, 4) is 5.88 Å². The molecule has 1 saturated heterocycles. The Labute approximate surface area is 189 Å². The van der Waals surface area contributed by atoms with E-state index in [2.05, 4.69) is 10.4 Å². The highest BCUT2D eigenvalue weighted by Crippen LogP contribution is 2.25. The van der Waals surface area contributed by atoms with Crippen LogP contribution in [0, 0.1) is 11.8 Å². The molecule has 11 heteroatoms. The maximum Gasteiger partial charge on any atom is 0.291 e. The van der Waals surface area contributed by atoms with Crippen LogP contribution >= 0.6 is 0 Å². The van der Waals surface area contributed by atoms with E-state index in [4.69, 9.17) is 5.73 Å². The average Bonchev–Trinajstić information content (AvgIpc) is 3.26. The number of nitrogens with one attached hydrogen (secondary N) is 1. The molecule has 0 unspecified atom stereocenters. The number of carbonyl (C=O) groups excluding carboxylic acids is 3. The molecule has 1 atom stereocenters. The first-order valence-electron chi connectivity index (χ1n) is 11.1. The van der Waals surface area contributed by atoms with Crippen molar-refractivity contribution in [2.24, 2.45) is 17.6 Å². The molecule has 2 aliphatic rings. The zero-order chi connectivity index (χ0) is 23.9. The highest BCUT2D eigenvalue weighted by Gasteiger charge is 2.30. The summed E-state index contributed by atoms with van der Waals surface area (Å²) >= 11 is 0. The van der Waals surface area contributed by atoms with Gasteiger partial charge in [0.15, 0.2) is 5.56 Å². The molecule has 3 amide bonds. The smallest absolute Gasteiger partial charge is 0.291 e. The van der Waals surface area contributed by atoms with Crippen LogP contribution < -0.4 is 16.6 Å². The quantitative estimate of drug-likeness (QED) is 0.503. The summed E-state index contributed by atoms with van der Waals surface area (Å²) in [7, 11) is 0. The largest absolute Gasteiger partial charge is 0.494 e. The SMILES string of the molecule is CC(C)Cn1c(O)c(C(=O)NC2CC2)c(=O)n2ncc(/C=C/C(=O)N3CC[C@H](C(N)=O)C3)c12. The molecule has 4 rings (SSSR count). The Kier molecular flexibility index (Phi) is 5.96. The van der Waals surface area contributed by atoms with Crippen molar-refractivity contribution in [1.82, 2.24) is 24.4 Å². The average molecular weight is 457 g/mol. The predicted molar refractivity (Wildman–Crippen MR) is 119 cm³/mol. The summed E-state index contributed by atoms with van der Waals surface area (Å²) < 4.78 is 2.55. The summed E-state index contributed by atoms with van der Waals surface area (Å²) in [6.07, 6.45) is 6.49. The standard InChI is InChI=1S/C22H28N6O5/c1-12(2)10-27-20-13(3-6-16(29)26-8-7-14(11-26)18(23)30)9-24-28(20)22(33)17(21(27)32)19(31)25-15-4-5-15/h3,6,9,12,14-15,32H,4-5,7-8,10-11H2,1-2H3,(H2,23,30)(H,25,31)/b6-3+/t14-/m0/s1. The van der Waals surface area contributed by atoms with Crippen LogP contribution in [0.1, 0.15) is 49.0 Å². The van der Waals surface area contributed by atoms with E-state index in [9.17, 15) is 24.3 Å². The minimum absolute atomic E-state index is 0.0208. The van der Waals surface area contributed by atoms with Crippen molar-refractivity contribution >= 4 is 29.4 Å². The molecule has 1 aliphatic carbocycles. The molecular weight excluding hydrogens is 428 g/mol. The summed E-state index contributed by atoms with van der Waals surface area (Å²) in [5, 5.41) is 17.8. The predicted octanol–water partition coefficient (Wildman–Crippen LogP) is 0.0968. The number of fused-ring (bicyclic) bond motifs is 1. The molecule has 2 aromatic rings. The third kappa shape index (κ3) is 4.48. The number of primary amides is 1. The molecule has 1 aliphatic heterocycles. The van der Waals surface area contributed by atoms with Crippen LogP contribution in [0.4, 0.5) is 0 Å². The molecule has 176 valence electrons. The zero-order valence-electron chi connectivity index (χ0n) is 18.7. The van der Waals surface area contributed by atoms with Gasteiger partial charge in [-0.3, -0.25) is 23.7 Å². The number of likely N-dealkylation sites (tertiary alicyclic amines) is 1. The van der Waals surface area contributed by atoms with Crippen LogP contribution in [0.3, 0.4) is 0 Å². The van der Waals surface area contributed by atoms with Crippen LogP contribution in [-0.2, 0) is 16.1 Å². The molecule has 2 aromatic heterocycles. The molecule has 0 spiro atoms. The van der Waals surface area contributed by atoms with Gasteiger partial charge in [-0.1, -0.05) is 13.8 Å². The van der Waals surface area contributed by atoms with E-state index in [-0.39, 0.29) is 41.5 Å². The van der Waals surface area contributed by atoms with Gasteiger partial charge in [0.2, 0.25) is 17.7 Å². The maximum absolute atomic E-state index is 13.0. The van der Waals surface area contributed by atoms with Gasteiger partial charge in [0.25, 0.3) is 11.5 Å². The molecule has 11 nitrogen and oxygen atoms in total. The Morgan fingerprint density at radius 1 is 1.30 bits per heavy atom. The van der Waals surface area contributed by atoms with Crippen molar-refractivity contribution in [3.63, 3.8) is 0 Å². The van der Waals surface area contributed by atoms with E-state index in [0.717, 1.165) is 17.4 Å². The van der Waals surface area contributed by atoms with Gasteiger partial charge >= 0.3 is 0 Å². The molecule has 3 heterocycles. The molecule has 2 fully saturated rings. The molecule has 1 saturated carbocycles. The Bertz CT molecular complexity index is 1210. The van der Waals surface area contributed by atoms with Gasteiger partial charge in [-0.25, -0.2) is 0 Å². The second-order valence-corrected chi connectivity index (χ2v) is 9.10. The lowest BCUT2D eigenvalue weighted by Crippen LogP contribution is -2.34. The van der Waals surface area contributed by atoms with Gasteiger partial charge in [0, 0.05) is 37.3 Å². The van der Waals surface area contributed by atoms with Crippen molar-refractivity contribution in [2.45, 2.75) is 45.7 Å². The zero-order valence-corrected chi connectivity index (χ0v) is 18.7. The van der Waals surface area contributed by atoms with Gasteiger partial charge in [-0.2, -0.15) is 9.61 Å². The van der Waals surface area contributed by atoms with Crippen LogP contribution in [-0.4, -0.2) is 61.0 Å². The lowest BCUT2D eigenvalue weighted by molar-refractivity contribution is -0.125. The summed E-state index contributed by atoms with van der Waals surface area (Å²) in [4.78, 5) is 51.1. The van der Waals surface area contributed by atoms with Gasteiger partial charge in [-0.15, -0.1) is 0 Å². The number of nitrogens with two attached hydrogens (primary N) is 1. The maximum atomic E-state index is 13.0. The fraction of sp³-hybridized carbons (Fsp3) is 0.500. The number of carbonyl (C=O) groups is 3. The lowest BCUT2D eigenvalue weighted by atomic mass is 10.1. The number of aromatic nitrogens is 3. The first kappa shape index (κ1) is 22.6. The molecule has 33 heavy (non-hydrogen) atoms. The van der Waals surface area contributed by atoms with Crippen LogP contribution in [0.15, 0.2) is 17.1 Å². The van der Waals surface area contributed by atoms with Crippen molar-refractivity contribution in [2.75, 3.05) is 13.1 Å². The minimum Gasteiger partial charge on any atom is -0.494 e. The lowest BCUT2D eigenvalue weighted by Gasteiger charge is -2.17. The number of rotatable bonds is 7. The van der Waals surface area contributed by atoms with E-state index >= 15 is 0 Å². The van der Waals surface area contributed by atoms with Gasteiger partial charge in [0.05, 0.1) is 12.1 Å². The van der Waals surface area contributed by atoms with Gasteiger partial charge in [0.1, 0.15) is 5.65 Å². The number of amides is 3. The second kappa shape index (κ2) is 8.72. The first-order chi connectivity index (χ1) is 15.7. The second-order valence-electron chi connectivity index (χ2n) is 9.10. The highest BCUT2D eigenvalue weighted by atomic mass is 16.3. The third-order valence-electron chi connectivity index (χ3n) is 5.91. The number of hydrogen-bond donors (Lipinski definition) is 3. The van der Waals surface area contributed by atoms with Gasteiger partial charge < -0.3 is 21.1 Å². The molecule has 0 aromatic carbocycles. The topological polar surface area (TPSA) is 152 Å². The third-order valence-corrected chi connectivity index (χ3v) is 5.91. The normalized spacial score (nSPS) is 18.5. The summed E-state index contributed by atoms with van der Waals surface area (Å²) in [5.41, 5.74) is 4.98. The Hall–Kier alpha value is -3.63. The van der Waals surface area contributed by atoms with Crippen LogP contribution in [0.2, 0.25) is 0 Å². The minimum atomic E-state index is -0.726. The van der Waals surface area contributed by atoms with E-state index in [1.54, 1.807) is 0 Å². The fourth-order valence-electron chi connectivity index (χ4n) is 4.01. The van der Waals surface area contributed by atoms with E-state index in [1.807, 2.05) is 13.8 Å². The Morgan fingerprint density at radius 2 is 2.03 bits per heavy atom. The highest BCUT2D eigenvalue weighted by molar-refractivity contribution is 5.97. The van der Waals surface area contributed by atoms with Crippen LogP contribution in [0.25, 0.3) is 11.7 Å². The van der Waals surface area contributed by atoms with E-state index in [1.165, 1.54) is 27.8 Å². The number of aromatic hydroxyl groups is 1. The number of nitrogens with zero attached hydrogens (tertiary/aromatic N) is 4. The van der Waals surface area contributed by atoms with Crippen molar-refractivity contribution in [1.29, 1.82) is 0 Å². The Morgan fingerprint density at radius 3 is 2.64 bits per heavy atom. The number of hydrogen-bond acceptors (Lipinski definition) is 6. The molecular formula is C22H28N6O5. The van der Waals surface area contributed by atoms with E-state index in [0.29, 0.717) is 25.1 Å². The fourth-order valence-corrected chi connectivity index (χ4v) is 4.01. The summed E-state index contributed by atoms with van der Waals surface area (Å²) in [6.45, 7) is 4.91. The summed E-state index contributed by atoms with van der Waals surface area (Å²) in [5.74, 6) is -2.03.